The molecule has 1 unspecified atom stereocenters. The first-order chi connectivity index (χ1) is 8.63. The fraction of sp³-hybridized carbons (Fsp3) is 0.385. The molecular formula is C13H15NO4. The number of hydrogen-bond donors (Lipinski definition) is 1. The third kappa shape index (κ3) is 2.36. The normalized spacial score (nSPS) is 19.3. The van der Waals surface area contributed by atoms with E-state index in [4.69, 9.17) is 9.84 Å². The van der Waals surface area contributed by atoms with Crippen LogP contribution >= 0.6 is 0 Å². The molecular weight excluding hydrogens is 234 g/mol. The zero-order valence-corrected chi connectivity index (χ0v) is 10.1. The second-order valence-corrected chi connectivity index (χ2v) is 4.31. The van der Waals surface area contributed by atoms with E-state index in [1.807, 2.05) is 24.3 Å². The number of anilines is 1. The smallest absolute Gasteiger partial charge is 0.308 e. The predicted molar refractivity (Wildman–Crippen MR) is 65.3 cm³/mol. The highest BCUT2D eigenvalue weighted by Crippen LogP contribution is 2.28. The monoisotopic (exact) mass is 249 g/mol. The summed E-state index contributed by atoms with van der Waals surface area (Å²) >= 11 is 0. The van der Waals surface area contributed by atoms with Gasteiger partial charge in [0.25, 0.3) is 0 Å². The molecule has 1 amide bonds. The quantitative estimate of drug-likeness (QED) is 0.872. The van der Waals surface area contributed by atoms with Crippen LogP contribution in [0.1, 0.15) is 12.0 Å². The van der Waals surface area contributed by atoms with Crippen LogP contribution in [0.5, 0.6) is 0 Å². The summed E-state index contributed by atoms with van der Waals surface area (Å²) in [5.41, 5.74) is 1.63. The third-order valence-electron chi connectivity index (χ3n) is 3.06. The van der Waals surface area contributed by atoms with Crippen molar-refractivity contribution in [3.8, 4) is 0 Å². The molecule has 1 aliphatic rings. The zero-order chi connectivity index (χ0) is 13.1. The molecule has 5 nitrogen and oxygen atoms in total. The Labute approximate surface area is 105 Å². The molecule has 1 aliphatic heterocycles. The Morgan fingerprint density at radius 1 is 1.50 bits per heavy atom. The van der Waals surface area contributed by atoms with Crippen molar-refractivity contribution in [1.29, 1.82) is 0 Å². The maximum atomic E-state index is 11.9. The number of hydrogen-bond acceptors (Lipinski definition) is 3. The van der Waals surface area contributed by atoms with Crippen molar-refractivity contribution in [3.63, 3.8) is 0 Å². The maximum absolute atomic E-state index is 11.9. The van der Waals surface area contributed by atoms with Gasteiger partial charge in [-0.15, -0.1) is 0 Å². The lowest BCUT2D eigenvalue weighted by atomic mass is 10.1. The van der Waals surface area contributed by atoms with Crippen LogP contribution in [0.4, 0.5) is 5.69 Å². The van der Waals surface area contributed by atoms with Gasteiger partial charge < -0.3 is 14.7 Å². The molecule has 0 aliphatic carbocycles. The van der Waals surface area contributed by atoms with Crippen molar-refractivity contribution < 1.29 is 19.4 Å². The number of carboxylic acid groups (broad SMARTS) is 1. The van der Waals surface area contributed by atoms with Gasteiger partial charge in [-0.2, -0.15) is 0 Å². The van der Waals surface area contributed by atoms with Crippen LogP contribution in [0.25, 0.3) is 0 Å². The first-order valence-corrected chi connectivity index (χ1v) is 5.73. The van der Waals surface area contributed by atoms with Crippen LogP contribution in [-0.2, 0) is 20.9 Å². The van der Waals surface area contributed by atoms with E-state index in [9.17, 15) is 9.59 Å². The number of carboxylic acids is 1. The Kier molecular flexibility index (Phi) is 3.62. The molecule has 0 spiro atoms. The molecule has 18 heavy (non-hydrogen) atoms. The SMILES string of the molecule is COCc1ccccc1N1CC(C(=O)O)CC1=O. The van der Waals surface area contributed by atoms with Crippen LogP contribution in [0.15, 0.2) is 24.3 Å². The minimum Gasteiger partial charge on any atom is -0.481 e. The van der Waals surface area contributed by atoms with Crippen molar-refractivity contribution >= 4 is 17.6 Å². The lowest BCUT2D eigenvalue weighted by molar-refractivity contribution is -0.141. The molecule has 0 radical (unpaired) electrons. The fourth-order valence-corrected chi connectivity index (χ4v) is 2.16. The number of aliphatic carboxylic acids is 1. The largest absolute Gasteiger partial charge is 0.481 e. The highest BCUT2D eigenvalue weighted by Gasteiger charge is 2.35. The van der Waals surface area contributed by atoms with Crippen molar-refractivity contribution in [2.75, 3.05) is 18.6 Å². The summed E-state index contributed by atoms with van der Waals surface area (Å²) in [6.07, 6.45) is 0.0661. The third-order valence-corrected chi connectivity index (χ3v) is 3.06. The highest BCUT2D eigenvalue weighted by atomic mass is 16.5. The molecule has 1 aromatic rings. The molecule has 0 saturated carbocycles. The van der Waals surface area contributed by atoms with E-state index in [1.165, 1.54) is 4.90 Å². The number of ether oxygens (including phenoxy) is 1. The minimum atomic E-state index is -0.921. The van der Waals surface area contributed by atoms with Gasteiger partial charge in [-0.3, -0.25) is 9.59 Å². The summed E-state index contributed by atoms with van der Waals surface area (Å²) in [7, 11) is 1.59. The van der Waals surface area contributed by atoms with Crippen molar-refractivity contribution in [2.24, 2.45) is 5.92 Å². The summed E-state index contributed by atoms with van der Waals surface area (Å²) in [4.78, 5) is 24.3. The second-order valence-electron chi connectivity index (χ2n) is 4.31. The lowest BCUT2D eigenvalue weighted by Crippen LogP contribution is -2.26. The topological polar surface area (TPSA) is 66.8 Å². The number of methoxy groups -OCH3 is 1. The summed E-state index contributed by atoms with van der Waals surface area (Å²) in [5.74, 6) is -1.69. The fourth-order valence-electron chi connectivity index (χ4n) is 2.16. The Bertz CT molecular complexity index is 472. The van der Waals surface area contributed by atoms with Gasteiger partial charge in [0, 0.05) is 31.3 Å². The van der Waals surface area contributed by atoms with E-state index < -0.39 is 11.9 Å². The number of carbonyl (C=O) groups excluding carboxylic acids is 1. The molecule has 1 saturated heterocycles. The summed E-state index contributed by atoms with van der Waals surface area (Å²) in [6.45, 7) is 0.632. The summed E-state index contributed by atoms with van der Waals surface area (Å²) in [6, 6.07) is 7.39. The second kappa shape index (κ2) is 5.18. The van der Waals surface area contributed by atoms with Gasteiger partial charge in [0.15, 0.2) is 0 Å². The van der Waals surface area contributed by atoms with Crippen LogP contribution in [-0.4, -0.2) is 30.6 Å². The standard InChI is InChI=1S/C13H15NO4/c1-18-8-9-4-2-3-5-11(9)14-7-10(13(16)17)6-12(14)15/h2-5,10H,6-8H2,1H3,(H,16,17). The van der Waals surface area contributed by atoms with Gasteiger partial charge in [0.1, 0.15) is 0 Å². The molecule has 1 aromatic carbocycles. The first kappa shape index (κ1) is 12.6. The minimum absolute atomic E-state index is 0.0661. The Hall–Kier alpha value is -1.88. The molecule has 0 bridgehead atoms. The van der Waals surface area contributed by atoms with Crippen molar-refractivity contribution in [2.45, 2.75) is 13.0 Å². The molecule has 0 aromatic heterocycles. The highest BCUT2D eigenvalue weighted by molar-refractivity contribution is 5.99. The summed E-state index contributed by atoms with van der Waals surface area (Å²) < 4.78 is 5.08. The number of benzene rings is 1. The van der Waals surface area contributed by atoms with Gasteiger partial charge in [0.2, 0.25) is 5.91 Å². The predicted octanol–water partition coefficient (Wildman–Crippen LogP) is 1.27. The van der Waals surface area contributed by atoms with Crippen molar-refractivity contribution in [3.05, 3.63) is 29.8 Å². The number of nitrogens with zero attached hydrogens (tertiary/aromatic N) is 1. The molecule has 1 atom stereocenters. The average molecular weight is 249 g/mol. The number of rotatable bonds is 4. The Morgan fingerprint density at radius 2 is 2.22 bits per heavy atom. The van der Waals surface area contributed by atoms with Crippen molar-refractivity contribution in [1.82, 2.24) is 0 Å². The molecule has 96 valence electrons. The zero-order valence-electron chi connectivity index (χ0n) is 10.1. The van der Waals surface area contributed by atoms with E-state index in [2.05, 4.69) is 0 Å². The van der Waals surface area contributed by atoms with Crippen LogP contribution in [0, 0.1) is 5.92 Å². The first-order valence-electron chi connectivity index (χ1n) is 5.73. The molecule has 5 heteroatoms. The van der Waals surface area contributed by atoms with Gasteiger partial charge in [0.05, 0.1) is 12.5 Å². The van der Waals surface area contributed by atoms with Gasteiger partial charge >= 0.3 is 5.97 Å². The van der Waals surface area contributed by atoms with E-state index in [-0.39, 0.29) is 18.9 Å². The molecule has 2 rings (SSSR count). The van der Waals surface area contributed by atoms with E-state index >= 15 is 0 Å². The average Bonchev–Trinajstić information content (AvgIpc) is 2.73. The van der Waals surface area contributed by atoms with Gasteiger partial charge in [-0.1, -0.05) is 18.2 Å². The number of carbonyl (C=O) groups is 2. The Morgan fingerprint density at radius 3 is 2.83 bits per heavy atom. The maximum Gasteiger partial charge on any atom is 0.308 e. The van der Waals surface area contributed by atoms with Crippen LogP contribution < -0.4 is 4.90 Å². The van der Waals surface area contributed by atoms with E-state index in [0.29, 0.717) is 6.61 Å². The van der Waals surface area contributed by atoms with Gasteiger partial charge in [-0.05, 0) is 6.07 Å². The number of amides is 1. The molecule has 1 N–H and O–H groups in total. The van der Waals surface area contributed by atoms with Gasteiger partial charge in [-0.25, -0.2) is 0 Å². The summed E-state index contributed by atoms with van der Waals surface area (Å²) in [5, 5.41) is 8.96. The lowest BCUT2D eigenvalue weighted by Gasteiger charge is -2.19. The molecule has 1 heterocycles. The van der Waals surface area contributed by atoms with E-state index in [0.717, 1.165) is 11.3 Å². The molecule has 1 fully saturated rings. The van der Waals surface area contributed by atoms with Crippen LogP contribution in [0.2, 0.25) is 0 Å². The Balaban J connectivity index is 2.26. The number of para-hydroxylation sites is 1. The van der Waals surface area contributed by atoms with E-state index in [1.54, 1.807) is 7.11 Å². The van der Waals surface area contributed by atoms with Crippen LogP contribution in [0.3, 0.4) is 0 Å².